The molecule has 2 rings (SSSR count). The number of allylic oxidation sites excluding steroid dienone is 8. The minimum absolute atomic E-state index is 0. The molecule has 2 aliphatic rings. The Hall–Kier alpha value is 0.688. The first kappa shape index (κ1) is 26.6. The van der Waals surface area contributed by atoms with Gasteiger partial charge in [-0.15, -0.1) is 37.7 Å². The summed E-state index contributed by atoms with van der Waals surface area (Å²) in [6, 6.07) is 0. The average molecular weight is 395 g/mol. The summed E-state index contributed by atoms with van der Waals surface area (Å²) in [5.41, 5.74) is 0. The predicted octanol–water partition coefficient (Wildman–Crippen LogP) is 5.95. The van der Waals surface area contributed by atoms with Crippen LogP contribution in [0.1, 0.15) is 12.8 Å². The molecule has 0 aromatic carbocycles. The van der Waals surface area contributed by atoms with Gasteiger partial charge in [-0.2, -0.15) is 12.2 Å². The molecule has 0 unspecified atom stereocenters. The van der Waals surface area contributed by atoms with Crippen molar-refractivity contribution in [1.82, 2.24) is 0 Å². The Morgan fingerprint density at radius 1 is 0.714 bits per heavy atom. The maximum atomic E-state index is 3.36. The zero-order chi connectivity index (χ0) is 13.8. The number of halogens is 2. The average Bonchev–Trinajstić information content (AvgIpc) is 2.91. The Labute approximate surface area is 161 Å². The largest absolute Gasteiger partial charge is 2.00 e. The number of hydrogen-bond donors (Lipinski definition) is 0. The van der Waals surface area contributed by atoms with E-state index in [1.807, 2.05) is 0 Å². The standard InChI is InChI=1S/2C8H13Si.2ClH.Ti/c2*1-9(2,3)8-6-4-5-7-8;;;/h2*4,6H,5H2,1-3H3;2*1H;/q2*-1;;;+2. The van der Waals surface area contributed by atoms with Crippen LogP contribution in [-0.2, 0) is 21.7 Å². The molecule has 0 spiro atoms. The molecule has 2 aliphatic carbocycles. The smallest absolute Gasteiger partial charge is 0.274 e. The molecule has 0 bridgehead atoms. The second-order valence-corrected chi connectivity index (χ2v) is 17.0. The van der Waals surface area contributed by atoms with Crippen LogP contribution in [0.2, 0.25) is 39.3 Å². The molecule has 0 aromatic heterocycles. The van der Waals surface area contributed by atoms with Crippen LogP contribution in [0.5, 0.6) is 0 Å². The third-order valence-corrected chi connectivity index (χ3v) is 6.92. The van der Waals surface area contributed by atoms with Crippen molar-refractivity contribution in [1.29, 1.82) is 0 Å². The molecule has 0 saturated carbocycles. The van der Waals surface area contributed by atoms with Gasteiger partial charge in [0.25, 0.3) is 0 Å². The van der Waals surface area contributed by atoms with Crippen LogP contribution in [0, 0.1) is 12.2 Å². The van der Waals surface area contributed by atoms with Crippen LogP contribution in [-0.4, -0.2) is 16.1 Å². The normalized spacial score (nSPS) is 15.7. The third kappa shape index (κ3) is 10.1. The van der Waals surface area contributed by atoms with Crippen molar-refractivity contribution in [2.24, 2.45) is 0 Å². The Balaban J connectivity index is -0.000000270. The quantitative estimate of drug-likeness (QED) is 0.401. The fourth-order valence-electron chi connectivity index (χ4n) is 1.84. The topological polar surface area (TPSA) is 0 Å². The summed E-state index contributed by atoms with van der Waals surface area (Å²) in [5.74, 6) is 0. The zero-order valence-corrected chi connectivity index (χ0v) is 19.2. The second-order valence-electron chi connectivity index (χ2n) is 6.89. The molecular formula is C16H28Cl2Si2Ti. The first-order valence-corrected chi connectivity index (χ1v) is 13.8. The summed E-state index contributed by atoms with van der Waals surface area (Å²) in [6.45, 7) is 14.1. The Morgan fingerprint density at radius 2 is 1.00 bits per heavy atom. The molecule has 0 aromatic rings. The van der Waals surface area contributed by atoms with Crippen molar-refractivity contribution in [2.75, 3.05) is 0 Å². The number of rotatable bonds is 2. The van der Waals surface area contributed by atoms with Gasteiger partial charge in [0.1, 0.15) is 0 Å². The van der Waals surface area contributed by atoms with Gasteiger partial charge >= 0.3 is 21.7 Å². The van der Waals surface area contributed by atoms with Gasteiger partial charge in [-0.1, -0.05) is 39.3 Å². The van der Waals surface area contributed by atoms with Crippen LogP contribution in [0.25, 0.3) is 0 Å². The fraction of sp³-hybridized carbons (Fsp3) is 0.500. The molecule has 0 nitrogen and oxygen atoms in total. The SMILES string of the molecule is C[Si](C)(C)C1=[C-]CC=C1.C[Si](C)(C)C1=[C-]CC=C1.Cl.Cl.[Ti+2]. The summed E-state index contributed by atoms with van der Waals surface area (Å²) < 4.78 is 0. The van der Waals surface area contributed by atoms with Crippen LogP contribution in [0.4, 0.5) is 0 Å². The Kier molecular flexibility index (Phi) is 14.2. The maximum absolute atomic E-state index is 3.36. The molecule has 0 N–H and O–H groups in total. The van der Waals surface area contributed by atoms with E-state index in [0.29, 0.717) is 0 Å². The summed E-state index contributed by atoms with van der Waals surface area (Å²) in [6.07, 6.45) is 17.6. The third-order valence-electron chi connectivity index (χ3n) is 3.01. The summed E-state index contributed by atoms with van der Waals surface area (Å²) in [5, 5.41) is 2.98. The van der Waals surface area contributed by atoms with Gasteiger partial charge in [0, 0.05) is 16.1 Å². The van der Waals surface area contributed by atoms with E-state index in [-0.39, 0.29) is 46.5 Å². The molecule has 0 radical (unpaired) electrons. The molecular weight excluding hydrogens is 367 g/mol. The molecule has 0 amide bonds. The summed E-state index contributed by atoms with van der Waals surface area (Å²) in [4.78, 5) is 0. The van der Waals surface area contributed by atoms with Crippen molar-refractivity contribution in [3.05, 3.63) is 46.8 Å². The molecule has 5 heteroatoms. The molecule has 0 saturated heterocycles. The first-order valence-electron chi connectivity index (χ1n) is 6.77. The zero-order valence-electron chi connectivity index (χ0n) is 14.0. The minimum atomic E-state index is -1.01. The van der Waals surface area contributed by atoms with Crippen LogP contribution in [0.3, 0.4) is 0 Å². The van der Waals surface area contributed by atoms with E-state index in [0.717, 1.165) is 12.8 Å². The summed E-state index contributed by atoms with van der Waals surface area (Å²) in [7, 11) is -2.01. The van der Waals surface area contributed by atoms with Gasteiger partial charge in [-0.3, -0.25) is 12.2 Å². The maximum Gasteiger partial charge on any atom is 2.00 e. The van der Waals surface area contributed by atoms with Gasteiger partial charge in [0.05, 0.1) is 0 Å². The number of hydrogen-bond acceptors (Lipinski definition) is 0. The van der Waals surface area contributed by atoms with Crippen molar-refractivity contribution in [2.45, 2.75) is 52.1 Å². The van der Waals surface area contributed by atoms with E-state index in [2.05, 4.69) is 75.7 Å². The van der Waals surface area contributed by atoms with Gasteiger partial charge in [0.2, 0.25) is 0 Å². The minimum Gasteiger partial charge on any atom is -0.274 e. The van der Waals surface area contributed by atoms with Gasteiger partial charge < -0.3 is 0 Å². The van der Waals surface area contributed by atoms with Crippen molar-refractivity contribution in [3.8, 4) is 0 Å². The van der Waals surface area contributed by atoms with Gasteiger partial charge in [-0.05, 0) is 0 Å². The van der Waals surface area contributed by atoms with Crippen LogP contribution in [0.15, 0.2) is 34.7 Å². The molecule has 118 valence electrons. The Morgan fingerprint density at radius 3 is 1.10 bits per heavy atom. The van der Waals surface area contributed by atoms with E-state index in [4.69, 9.17) is 0 Å². The van der Waals surface area contributed by atoms with Crippen LogP contribution < -0.4 is 0 Å². The van der Waals surface area contributed by atoms with E-state index in [1.165, 1.54) is 10.4 Å². The van der Waals surface area contributed by atoms with Crippen molar-refractivity contribution < 1.29 is 21.7 Å². The monoisotopic (exact) mass is 394 g/mol. The molecule has 0 heterocycles. The fourth-order valence-corrected chi connectivity index (χ4v) is 4.34. The van der Waals surface area contributed by atoms with Gasteiger partial charge in [-0.25, -0.2) is 22.5 Å². The first-order chi connectivity index (χ1) is 8.21. The molecule has 0 fully saturated rings. The van der Waals surface area contributed by atoms with Crippen molar-refractivity contribution >= 4 is 41.0 Å². The molecule has 0 atom stereocenters. The van der Waals surface area contributed by atoms with Gasteiger partial charge in [0.15, 0.2) is 0 Å². The van der Waals surface area contributed by atoms with Crippen molar-refractivity contribution in [3.63, 3.8) is 0 Å². The van der Waals surface area contributed by atoms with Crippen LogP contribution >= 0.6 is 24.8 Å². The summed E-state index contributed by atoms with van der Waals surface area (Å²) >= 11 is 0. The second kappa shape index (κ2) is 11.3. The van der Waals surface area contributed by atoms with E-state index in [1.54, 1.807) is 0 Å². The Bertz CT molecular complexity index is 371. The molecule has 0 aliphatic heterocycles. The molecule has 21 heavy (non-hydrogen) atoms. The van der Waals surface area contributed by atoms with E-state index >= 15 is 0 Å². The predicted molar refractivity (Wildman–Crippen MR) is 102 cm³/mol. The van der Waals surface area contributed by atoms with E-state index < -0.39 is 16.1 Å². The van der Waals surface area contributed by atoms with E-state index in [9.17, 15) is 0 Å².